The number of nitrogen functional groups attached to an aromatic ring is 1. The minimum absolute atomic E-state index is 0.344. The molecule has 1 aromatic rings. The van der Waals surface area contributed by atoms with E-state index in [1.165, 1.54) is 0 Å². The second kappa shape index (κ2) is 4.96. The lowest BCUT2D eigenvalue weighted by molar-refractivity contribution is 0.0338. The molecular weight excluding hydrogens is 258 g/mol. The fourth-order valence-electron chi connectivity index (χ4n) is 1.47. The summed E-state index contributed by atoms with van der Waals surface area (Å²) in [5, 5.41) is 19.7. The van der Waals surface area contributed by atoms with Gasteiger partial charge in [0.2, 0.25) is 0 Å². The monoisotopic (exact) mass is 273 g/mol. The van der Waals surface area contributed by atoms with Gasteiger partial charge in [-0.1, -0.05) is 22.0 Å². The maximum Gasteiger partial charge on any atom is 0.106 e. The predicted octanol–water partition coefficient (Wildman–Crippen LogP) is 1.67. The lowest BCUT2D eigenvalue weighted by Gasteiger charge is -2.19. The van der Waals surface area contributed by atoms with Gasteiger partial charge in [0.15, 0.2) is 0 Å². The average Bonchev–Trinajstić information content (AvgIpc) is 2.21. The molecule has 0 saturated carbocycles. The van der Waals surface area contributed by atoms with E-state index in [1.807, 2.05) is 26.0 Å². The van der Waals surface area contributed by atoms with Crippen LogP contribution >= 0.6 is 15.9 Å². The molecule has 3 nitrogen and oxygen atoms in total. The second-order valence-corrected chi connectivity index (χ2v) is 4.38. The summed E-state index contributed by atoms with van der Waals surface area (Å²) in [5.74, 6) is 0. The van der Waals surface area contributed by atoms with Crippen LogP contribution in [0.4, 0.5) is 5.69 Å². The van der Waals surface area contributed by atoms with Gasteiger partial charge in [-0.25, -0.2) is 0 Å². The van der Waals surface area contributed by atoms with Gasteiger partial charge in [0.25, 0.3) is 0 Å². The van der Waals surface area contributed by atoms with Crippen molar-refractivity contribution in [2.75, 3.05) is 11.1 Å². The van der Waals surface area contributed by atoms with Crippen molar-refractivity contribution in [1.82, 2.24) is 0 Å². The number of aliphatic hydroxyl groups is 2. The zero-order valence-electron chi connectivity index (χ0n) is 8.87. The largest absolute Gasteiger partial charge is 0.399 e. The molecule has 0 radical (unpaired) electrons. The molecule has 0 aromatic heterocycles. The van der Waals surface area contributed by atoms with Crippen LogP contribution in [0.15, 0.2) is 12.1 Å². The molecule has 84 valence electrons. The lowest BCUT2D eigenvalue weighted by atomic mass is 9.97. The summed E-state index contributed by atoms with van der Waals surface area (Å²) < 4.78 is 0. The first-order valence-electron chi connectivity index (χ1n) is 4.76. The van der Waals surface area contributed by atoms with Crippen LogP contribution in [0.5, 0.6) is 0 Å². The Hall–Kier alpha value is -0.580. The Morgan fingerprint density at radius 1 is 1.27 bits per heavy atom. The minimum Gasteiger partial charge on any atom is -0.399 e. The Morgan fingerprint density at radius 2 is 1.87 bits per heavy atom. The molecule has 2 unspecified atom stereocenters. The van der Waals surface area contributed by atoms with Crippen LogP contribution in [0.3, 0.4) is 0 Å². The molecule has 4 N–H and O–H groups in total. The fraction of sp³-hybridized carbons (Fsp3) is 0.455. The zero-order valence-corrected chi connectivity index (χ0v) is 10.5. The van der Waals surface area contributed by atoms with Crippen LogP contribution in [0.2, 0.25) is 0 Å². The van der Waals surface area contributed by atoms with E-state index in [0.29, 0.717) is 11.0 Å². The van der Waals surface area contributed by atoms with Gasteiger partial charge in [-0.05, 0) is 36.6 Å². The van der Waals surface area contributed by atoms with Crippen molar-refractivity contribution < 1.29 is 10.2 Å². The summed E-state index contributed by atoms with van der Waals surface area (Å²) in [6, 6.07) is 3.63. The third-order valence-electron chi connectivity index (χ3n) is 2.50. The van der Waals surface area contributed by atoms with E-state index < -0.39 is 12.2 Å². The van der Waals surface area contributed by atoms with Crippen LogP contribution in [0, 0.1) is 13.8 Å². The molecule has 0 aliphatic rings. The Morgan fingerprint density at radius 3 is 2.40 bits per heavy atom. The highest BCUT2D eigenvalue weighted by atomic mass is 79.9. The van der Waals surface area contributed by atoms with Crippen molar-refractivity contribution in [2.24, 2.45) is 0 Å². The van der Waals surface area contributed by atoms with E-state index in [2.05, 4.69) is 15.9 Å². The lowest BCUT2D eigenvalue weighted by Crippen LogP contribution is -2.20. The number of hydrogen-bond acceptors (Lipinski definition) is 3. The average molecular weight is 274 g/mol. The van der Waals surface area contributed by atoms with Gasteiger partial charge in [0.1, 0.15) is 6.10 Å². The SMILES string of the molecule is Cc1cc(C(O)C(O)CBr)c(C)cc1N. The number of alkyl halides is 1. The molecule has 15 heavy (non-hydrogen) atoms. The number of hydrogen-bond donors (Lipinski definition) is 3. The van der Waals surface area contributed by atoms with Gasteiger partial charge in [-0.3, -0.25) is 0 Å². The molecule has 0 aliphatic heterocycles. The van der Waals surface area contributed by atoms with Crippen LogP contribution in [-0.2, 0) is 0 Å². The molecule has 0 heterocycles. The maximum atomic E-state index is 9.86. The van der Waals surface area contributed by atoms with Crippen molar-refractivity contribution in [2.45, 2.75) is 26.1 Å². The number of aliphatic hydroxyl groups excluding tert-OH is 2. The number of halogens is 1. The first-order valence-corrected chi connectivity index (χ1v) is 5.88. The highest BCUT2D eigenvalue weighted by molar-refractivity contribution is 9.09. The smallest absolute Gasteiger partial charge is 0.106 e. The Bertz CT molecular complexity index is 355. The van der Waals surface area contributed by atoms with E-state index in [0.717, 1.165) is 16.7 Å². The van der Waals surface area contributed by atoms with Crippen molar-refractivity contribution in [3.63, 3.8) is 0 Å². The number of nitrogens with two attached hydrogens (primary N) is 1. The number of rotatable bonds is 3. The molecule has 2 atom stereocenters. The molecular formula is C11H16BrNO2. The van der Waals surface area contributed by atoms with Crippen molar-refractivity contribution in [1.29, 1.82) is 0 Å². The van der Waals surface area contributed by atoms with Crippen LogP contribution in [0.25, 0.3) is 0 Å². The second-order valence-electron chi connectivity index (χ2n) is 3.73. The van der Waals surface area contributed by atoms with Crippen LogP contribution in [0.1, 0.15) is 22.8 Å². The maximum absolute atomic E-state index is 9.86. The van der Waals surface area contributed by atoms with E-state index in [9.17, 15) is 10.2 Å². The van der Waals surface area contributed by atoms with Gasteiger partial charge >= 0.3 is 0 Å². The summed E-state index contributed by atoms with van der Waals surface area (Å²) in [6.07, 6.45) is -1.67. The predicted molar refractivity (Wildman–Crippen MR) is 65.1 cm³/mol. The van der Waals surface area contributed by atoms with Crippen LogP contribution < -0.4 is 5.73 Å². The quantitative estimate of drug-likeness (QED) is 0.580. The molecule has 0 bridgehead atoms. The normalized spacial score (nSPS) is 15.0. The van der Waals surface area contributed by atoms with Gasteiger partial charge in [0.05, 0.1) is 6.10 Å². The first kappa shape index (κ1) is 12.5. The molecule has 0 amide bonds. The summed E-state index contributed by atoms with van der Waals surface area (Å²) in [5.41, 5.74) is 8.99. The summed E-state index contributed by atoms with van der Waals surface area (Å²) in [4.78, 5) is 0. The Balaban J connectivity index is 3.09. The molecule has 0 saturated heterocycles. The molecule has 4 heteroatoms. The fourth-order valence-corrected chi connectivity index (χ4v) is 1.83. The van der Waals surface area contributed by atoms with E-state index >= 15 is 0 Å². The highest BCUT2D eigenvalue weighted by Crippen LogP contribution is 2.26. The third-order valence-corrected chi connectivity index (χ3v) is 3.16. The molecule has 0 fully saturated rings. The van der Waals surface area contributed by atoms with Gasteiger partial charge < -0.3 is 15.9 Å². The number of anilines is 1. The third kappa shape index (κ3) is 2.71. The van der Waals surface area contributed by atoms with Crippen LogP contribution in [-0.4, -0.2) is 21.6 Å². The van der Waals surface area contributed by atoms with Crippen molar-refractivity contribution >= 4 is 21.6 Å². The first-order chi connectivity index (χ1) is 6.97. The molecule has 1 rings (SSSR count). The summed E-state index contributed by atoms with van der Waals surface area (Å²) in [7, 11) is 0. The Labute approximate surface area is 98.1 Å². The minimum atomic E-state index is -0.872. The summed E-state index contributed by atoms with van der Waals surface area (Å²) in [6.45, 7) is 3.75. The Kier molecular flexibility index (Phi) is 4.13. The standard InChI is InChI=1S/C11H16BrNO2/c1-6-4-9(13)7(2)3-8(6)11(15)10(14)5-12/h3-4,10-11,14-15H,5,13H2,1-2H3. The van der Waals surface area contributed by atoms with Gasteiger partial charge in [0, 0.05) is 11.0 Å². The zero-order chi connectivity index (χ0) is 11.6. The van der Waals surface area contributed by atoms with E-state index in [1.54, 1.807) is 0 Å². The summed E-state index contributed by atoms with van der Waals surface area (Å²) >= 11 is 3.14. The number of benzene rings is 1. The van der Waals surface area contributed by atoms with Gasteiger partial charge in [-0.2, -0.15) is 0 Å². The van der Waals surface area contributed by atoms with Crippen molar-refractivity contribution in [3.05, 3.63) is 28.8 Å². The molecule has 1 aromatic carbocycles. The number of aryl methyl sites for hydroxylation is 2. The topological polar surface area (TPSA) is 66.5 Å². The van der Waals surface area contributed by atoms with E-state index in [-0.39, 0.29) is 0 Å². The highest BCUT2D eigenvalue weighted by Gasteiger charge is 2.19. The van der Waals surface area contributed by atoms with E-state index in [4.69, 9.17) is 5.73 Å². The molecule has 0 spiro atoms. The molecule has 0 aliphatic carbocycles. The van der Waals surface area contributed by atoms with Gasteiger partial charge in [-0.15, -0.1) is 0 Å². The van der Waals surface area contributed by atoms with Crippen molar-refractivity contribution in [3.8, 4) is 0 Å².